The van der Waals surface area contributed by atoms with Gasteiger partial charge in [0.1, 0.15) is 0 Å². The van der Waals surface area contributed by atoms with Crippen LogP contribution in [0.25, 0.3) is 0 Å². The molecule has 0 fully saturated rings. The highest BCUT2D eigenvalue weighted by Crippen LogP contribution is 2.21. The Kier molecular flexibility index (Phi) is 4.48. The molecule has 1 aliphatic carbocycles. The first-order valence-corrected chi connectivity index (χ1v) is 7.50. The largest absolute Gasteiger partial charge is 0.350 e. The summed E-state index contributed by atoms with van der Waals surface area (Å²) in [5.74, 6) is 0.0800. The molecule has 1 amide bonds. The maximum absolute atomic E-state index is 12.1. The molecule has 0 bridgehead atoms. The zero-order valence-electron chi connectivity index (χ0n) is 13.0. The third-order valence-corrected chi connectivity index (χ3v) is 3.72. The van der Waals surface area contributed by atoms with Crippen LogP contribution in [0.5, 0.6) is 0 Å². The van der Waals surface area contributed by atoms with Gasteiger partial charge in [0.05, 0.1) is 6.04 Å². The number of amides is 1. The van der Waals surface area contributed by atoms with Gasteiger partial charge in [0.2, 0.25) is 5.91 Å². The Labute approximate surface area is 122 Å². The van der Waals surface area contributed by atoms with Crippen LogP contribution in [0, 0.1) is 0 Å². The Morgan fingerprint density at radius 3 is 2.55 bits per heavy atom. The molecule has 3 nitrogen and oxygen atoms in total. The Bertz CT molecular complexity index is 476. The predicted molar refractivity (Wildman–Crippen MR) is 82.7 cm³/mol. The summed E-state index contributed by atoms with van der Waals surface area (Å²) in [5.41, 5.74) is 2.70. The summed E-state index contributed by atoms with van der Waals surface area (Å²) >= 11 is 0. The maximum Gasteiger partial charge on any atom is 0.237 e. The van der Waals surface area contributed by atoms with Crippen LogP contribution in [0.2, 0.25) is 0 Å². The highest BCUT2D eigenvalue weighted by atomic mass is 16.2. The fourth-order valence-corrected chi connectivity index (χ4v) is 2.75. The molecular formula is C17H26N2O. The van der Waals surface area contributed by atoms with Crippen molar-refractivity contribution in [2.75, 3.05) is 0 Å². The number of fused-ring (bicyclic) bond motifs is 1. The van der Waals surface area contributed by atoms with Crippen LogP contribution in [0.4, 0.5) is 0 Å². The number of benzene rings is 1. The number of rotatable bonds is 3. The number of carbonyl (C=O) groups is 1. The van der Waals surface area contributed by atoms with Crippen molar-refractivity contribution in [2.24, 2.45) is 0 Å². The van der Waals surface area contributed by atoms with Gasteiger partial charge in [-0.05, 0) is 58.1 Å². The predicted octanol–water partition coefficient (Wildman–Crippen LogP) is 2.44. The highest BCUT2D eigenvalue weighted by molar-refractivity contribution is 5.81. The monoisotopic (exact) mass is 274 g/mol. The van der Waals surface area contributed by atoms with Gasteiger partial charge < -0.3 is 10.6 Å². The molecule has 0 spiro atoms. The molecule has 0 saturated carbocycles. The van der Waals surface area contributed by atoms with Gasteiger partial charge in [0.15, 0.2) is 0 Å². The van der Waals surface area contributed by atoms with E-state index < -0.39 is 0 Å². The minimum Gasteiger partial charge on any atom is -0.350 e. The number of carbonyl (C=O) groups excluding carboxylic acids is 1. The van der Waals surface area contributed by atoms with Gasteiger partial charge in [-0.3, -0.25) is 4.79 Å². The van der Waals surface area contributed by atoms with Crippen molar-refractivity contribution in [1.82, 2.24) is 10.6 Å². The molecule has 2 rings (SSSR count). The zero-order valence-corrected chi connectivity index (χ0v) is 13.0. The molecule has 0 aromatic heterocycles. The lowest BCUT2D eigenvalue weighted by molar-refractivity contribution is -0.124. The van der Waals surface area contributed by atoms with E-state index in [4.69, 9.17) is 0 Å². The van der Waals surface area contributed by atoms with Gasteiger partial charge in [0.25, 0.3) is 0 Å². The molecule has 1 aromatic carbocycles. The van der Waals surface area contributed by atoms with Crippen molar-refractivity contribution < 1.29 is 4.79 Å². The summed E-state index contributed by atoms with van der Waals surface area (Å²) in [6, 6.07) is 8.85. The first-order valence-electron chi connectivity index (χ1n) is 7.50. The van der Waals surface area contributed by atoms with Crippen molar-refractivity contribution in [3.8, 4) is 0 Å². The summed E-state index contributed by atoms with van der Waals surface area (Å²) in [6.45, 7) is 7.97. The number of hydrogen-bond donors (Lipinski definition) is 2. The van der Waals surface area contributed by atoms with Crippen molar-refractivity contribution >= 4 is 5.91 Å². The molecule has 2 unspecified atom stereocenters. The molecule has 3 heteroatoms. The van der Waals surface area contributed by atoms with Crippen LogP contribution in [-0.4, -0.2) is 23.5 Å². The van der Waals surface area contributed by atoms with Gasteiger partial charge in [-0.1, -0.05) is 24.3 Å². The van der Waals surface area contributed by atoms with Crippen molar-refractivity contribution in [3.05, 3.63) is 35.4 Å². The fraction of sp³-hybridized carbons (Fsp3) is 0.588. The van der Waals surface area contributed by atoms with Crippen LogP contribution >= 0.6 is 0 Å². The topological polar surface area (TPSA) is 41.1 Å². The Morgan fingerprint density at radius 1 is 1.25 bits per heavy atom. The van der Waals surface area contributed by atoms with Gasteiger partial charge in [-0.2, -0.15) is 0 Å². The number of hydrogen-bond acceptors (Lipinski definition) is 2. The minimum atomic E-state index is -0.174. The summed E-state index contributed by atoms with van der Waals surface area (Å²) in [7, 11) is 0. The summed E-state index contributed by atoms with van der Waals surface area (Å²) < 4.78 is 0. The number of aryl methyl sites for hydroxylation is 1. The van der Waals surface area contributed by atoms with Crippen LogP contribution < -0.4 is 10.6 Å². The Hall–Kier alpha value is -1.35. The van der Waals surface area contributed by atoms with Crippen LogP contribution in [-0.2, 0) is 17.6 Å². The summed E-state index contributed by atoms with van der Waals surface area (Å²) in [4.78, 5) is 12.1. The average Bonchev–Trinajstić information content (AvgIpc) is 2.36. The van der Waals surface area contributed by atoms with Gasteiger partial charge >= 0.3 is 0 Å². The second-order valence-electron chi connectivity index (χ2n) is 6.84. The SMILES string of the molecule is CC(NC1CCc2ccccc2C1)C(=O)NC(C)(C)C. The average molecular weight is 274 g/mol. The first-order chi connectivity index (χ1) is 9.35. The van der Waals surface area contributed by atoms with E-state index in [2.05, 4.69) is 34.9 Å². The standard InChI is InChI=1S/C17H26N2O/c1-12(16(20)19-17(2,3)4)18-15-10-9-13-7-5-6-8-14(13)11-15/h5-8,12,15,18H,9-11H2,1-4H3,(H,19,20). The summed E-state index contributed by atoms with van der Waals surface area (Å²) in [6.07, 6.45) is 3.22. The minimum absolute atomic E-state index is 0.0800. The third kappa shape index (κ3) is 4.07. The van der Waals surface area contributed by atoms with Gasteiger partial charge in [0, 0.05) is 11.6 Å². The molecule has 20 heavy (non-hydrogen) atoms. The molecular weight excluding hydrogens is 248 g/mol. The van der Waals surface area contributed by atoms with Gasteiger partial charge in [-0.25, -0.2) is 0 Å². The third-order valence-electron chi connectivity index (χ3n) is 3.72. The van der Waals surface area contributed by atoms with E-state index in [0.29, 0.717) is 6.04 Å². The molecule has 0 saturated heterocycles. The molecule has 2 N–H and O–H groups in total. The Morgan fingerprint density at radius 2 is 1.90 bits per heavy atom. The maximum atomic E-state index is 12.1. The van der Waals surface area contributed by atoms with Crippen molar-refractivity contribution in [3.63, 3.8) is 0 Å². The van der Waals surface area contributed by atoms with E-state index >= 15 is 0 Å². The van der Waals surface area contributed by atoms with Crippen molar-refractivity contribution in [2.45, 2.75) is 64.6 Å². The second kappa shape index (κ2) is 5.96. The van der Waals surface area contributed by atoms with E-state index in [1.807, 2.05) is 27.7 Å². The lowest BCUT2D eigenvalue weighted by atomic mass is 9.88. The van der Waals surface area contributed by atoms with E-state index in [-0.39, 0.29) is 17.5 Å². The molecule has 1 aromatic rings. The quantitative estimate of drug-likeness (QED) is 0.889. The smallest absolute Gasteiger partial charge is 0.237 e. The van der Waals surface area contributed by atoms with E-state index in [0.717, 1.165) is 19.3 Å². The molecule has 110 valence electrons. The van der Waals surface area contributed by atoms with E-state index in [1.165, 1.54) is 11.1 Å². The fourth-order valence-electron chi connectivity index (χ4n) is 2.75. The normalized spacial score (nSPS) is 20.1. The molecule has 0 aliphatic heterocycles. The van der Waals surface area contributed by atoms with Crippen molar-refractivity contribution in [1.29, 1.82) is 0 Å². The van der Waals surface area contributed by atoms with Crippen LogP contribution in [0.3, 0.4) is 0 Å². The Balaban J connectivity index is 1.90. The summed E-state index contributed by atoms with van der Waals surface area (Å²) in [5, 5.41) is 6.50. The van der Waals surface area contributed by atoms with Gasteiger partial charge in [-0.15, -0.1) is 0 Å². The van der Waals surface area contributed by atoms with Crippen LogP contribution in [0.1, 0.15) is 45.2 Å². The second-order valence-corrected chi connectivity index (χ2v) is 6.84. The first kappa shape index (κ1) is 15.0. The molecule has 0 radical (unpaired) electrons. The molecule has 0 heterocycles. The zero-order chi connectivity index (χ0) is 14.8. The molecule has 2 atom stereocenters. The lowest BCUT2D eigenvalue weighted by Crippen LogP contribution is -2.52. The van der Waals surface area contributed by atoms with E-state index in [1.54, 1.807) is 0 Å². The van der Waals surface area contributed by atoms with E-state index in [9.17, 15) is 4.79 Å². The highest BCUT2D eigenvalue weighted by Gasteiger charge is 2.24. The lowest BCUT2D eigenvalue weighted by Gasteiger charge is -2.29. The molecule has 1 aliphatic rings. The van der Waals surface area contributed by atoms with Crippen LogP contribution in [0.15, 0.2) is 24.3 Å². The number of nitrogens with one attached hydrogen (secondary N) is 2.